The van der Waals surface area contributed by atoms with Crippen molar-refractivity contribution in [3.05, 3.63) is 93.4 Å². The Labute approximate surface area is 146 Å². The van der Waals surface area contributed by atoms with E-state index in [2.05, 4.69) is 41.0 Å². The van der Waals surface area contributed by atoms with Gasteiger partial charge in [-0.3, -0.25) is 9.59 Å². The van der Waals surface area contributed by atoms with E-state index in [0.29, 0.717) is 12.8 Å². The normalized spacial score (nSPS) is 12.8. The van der Waals surface area contributed by atoms with Gasteiger partial charge in [0, 0.05) is 24.0 Å². The minimum atomic E-state index is -0.0850. The van der Waals surface area contributed by atoms with E-state index in [1.165, 1.54) is 11.1 Å². The molecule has 0 saturated carbocycles. The van der Waals surface area contributed by atoms with Gasteiger partial charge >= 0.3 is 0 Å². The number of pyridine rings is 1. The lowest BCUT2D eigenvalue weighted by atomic mass is 10.0. The third-order valence-electron chi connectivity index (χ3n) is 4.91. The van der Waals surface area contributed by atoms with Crippen LogP contribution in [0, 0.1) is 0 Å². The van der Waals surface area contributed by atoms with E-state index < -0.39 is 0 Å². The Morgan fingerprint density at radius 3 is 2.36 bits per heavy atom. The molecule has 4 rings (SSSR count). The van der Waals surface area contributed by atoms with Crippen molar-refractivity contribution in [1.29, 1.82) is 0 Å². The molecule has 0 bridgehead atoms. The molecule has 0 atom stereocenters. The van der Waals surface area contributed by atoms with Gasteiger partial charge in [0.25, 0.3) is 0 Å². The zero-order valence-electron chi connectivity index (χ0n) is 13.9. The molecule has 0 fully saturated rings. The number of carbonyl (C=O) groups excluding carboxylic acids is 1. The van der Waals surface area contributed by atoms with Gasteiger partial charge in [-0.2, -0.15) is 0 Å². The molecule has 3 heteroatoms. The number of carbonyl (C=O) groups is 1. The van der Waals surface area contributed by atoms with E-state index in [-0.39, 0.29) is 11.0 Å². The maximum absolute atomic E-state index is 12.3. The van der Waals surface area contributed by atoms with Crippen LogP contribution < -0.4 is 5.43 Å². The Morgan fingerprint density at radius 1 is 0.920 bits per heavy atom. The molecule has 0 unspecified atom stereocenters. The average Bonchev–Trinajstić information content (AvgIpc) is 3.16. The fraction of sp³-hybridized carbons (Fsp3) is 0.182. The summed E-state index contributed by atoms with van der Waals surface area (Å²) in [6, 6.07) is 18.7. The minimum absolute atomic E-state index is 0.0850. The van der Waals surface area contributed by atoms with E-state index in [0.717, 1.165) is 36.1 Å². The molecule has 0 radical (unpaired) electrons. The summed E-state index contributed by atoms with van der Waals surface area (Å²) in [6.45, 7) is 0.679. The fourth-order valence-electron chi connectivity index (χ4n) is 3.62. The van der Waals surface area contributed by atoms with Crippen LogP contribution in [0.25, 0.3) is 11.1 Å². The molecule has 2 aromatic carbocycles. The van der Waals surface area contributed by atoms with E-state index in [1.54, 1.807) is 6.20 Å². The van der Waals surface area contributed by atoms with Crippen LogP contribution in [0.5, 0.6) is 0 Å². The zero-order chi connectivity index (χ0) is 17.2. The second kappa shape index (κ2) is 6.52. The lowest BCUT2D eigenvalue weighted by molar-refractivity contribution is 0.112. The van der Waals surface area contributed by atoms with Gasteiger partial charge in [0.2, 0.25) is 0 Å². The number of hydrogen-bond acceptors (Lipinski definition) is 2. The lowest BCUT2D eigenvalue weighted by Gasteiger charge is -2.14. The van der Waals surface area contributed by atoms with Crippen LogP contribution in [-0.2, 0) is 19.4 Å². The van der Waals surface area contributed by atoms with E-state index >= 15 is 0 Å². The number of benzene rings is 2. The van der Waals surface area contributed by atoms with Gasteiger partial charge < -0.3 is 4.57 Å². The first-order valence-electron chi connectivity index (χ1n) is 8.61. The van der Waals surface area contributed by atoms with Crippen molar-refractivity contribution in [3.8, 4) is 11.1 Å². The monoisotopic (exact) mass is 329 g/mol. The maximum atomic E-state index is 12.3. The van der Waals surface area contributed by atoms with Crippen LogP contribution in [-0.4, -0.2) is 10.9 Å². The van der Waals surface area contributed by atoms with Crippen molar-refractivity contribution in [2.75, 3.05) is 0 Å². The molecule has 3 nitrogen and oxygen atoms in total. The van der Waals surface area contributed by atoms with Gasteiger partial charge in [0.15, 0.2) is 11.7 Å². The molecular weight excluding hydrogens is 310 g/mol. The SMILES string of the molecule is O=Cc1cn(Cc2ccc(-c3ccccc3)cc2)c2c(c1=O)CCC2. The van der Waals surface area contributed by atoms with Crippen molar-refractivity contribution in [2.45, 2.75) is 25.8 Å². The highest BCUT2D eigenvalue weighted by atomic mass is 16.1. The Balaban J connectivity index is 1.66. The van der Waals surface area contributed by atoms with Crippen molar-refractivity contribution >= 4 is 6.29 Å². The first kappa shape index (κ1) is 15.6. The molecule has 3 aromatic rings. The molecule has 1 aliphatic rings. The summed E-state index contributed by atoms with van der Waals surface area (Å²) in [5, 5.41) is 0. The summed E-state index contributed by atoms with van der Waals surface area (Å²) in [5.74, 6) is 0. The Kier molecular flexibility index (Phi) is 4.06. The first-order chi connectivity index (χ1) is 12.3. The smallest absolute Gasteiger partial charge is 0.195 e. The molecule has 1 aromatic heterocycles. The van der Waals surface area contributed by atoms with E-state index in [1.807, 2.05) is 18.2 Å². The maximum Gasteiger partial charge on any atom is 0.195 e. The highest BCUT2D eigenvalue weighted by Crippen LogP contribution is 2.22. The summed E-state index contributed by atoms with van der Waals surface area (Å²) >= 11 is 0. The molecule has 1 aliphatic carbocycles. The van der Waals surface area contributed by atoms with Crippen LogP contribution >= 0.6 is 0 Å². The van der Waals surface area contributed by atoms with Crippen molar-refractivity contribution in [1.82, 2.24) is 4.57 Å². The van der Waals surface area contributed by atoms with Crippen LogP contribution in [0.1, 0.15) is 33.6 Å². The standard InChI is InChI=1S/C22H19NO2/c24-15-19-14-23(21-8-4-7-20(21)22(19)25)13-16-9-11-18(12-10-16)17-5-2-1-3-6-17/h1-3,5-6,9-12,14-15H,4,7-8,13H2. The third kappa shape index (κ3) is 2.93. The number of hydrogen-bond donors (Lipinski definition) is 0. The average molecular weight is 329 g/mol. The molecule has 0 spiro atoms. The molecule has 124 valence electrons. The third-order valence-corrected chi connectivity index (χ3v) is 4.91. The number of aromatic nitrogens is 1. The largest absolute Gasteiger partial charge is 0.346 e. The van der Waals surface area contributed by atoms with Crippen molar-refractivity contribution in [3.63, 3.8) is 0 Å². The molecule has 0 N–H and O–H groups in total. The Hall–Kier alpha value is -2.94. The Morgan fingerprint density at radius 2 is 1.64 bits per heavy atom. The van der Waals surface area contributed by atoms with Gasteiger partial charge in [-0.05, 0) is 36.0 Å². The van der Waals surface area contributed by atoms with Crippen molar-refractivity contribution < 1.29 is 4.79 Å². The molecule has 0 saturated heterocycles. The summed E-state index contributed by atoms with van der Waals surface area (Å²) < 4.78 is 2.07. The van der Waals surface area contributed by atoms with Gasteiger partial charge in [-0.15, -0.1) is 0 Å². The highest BCUT2D eigenvalue weighted by molar-refractivity contribution is 5.74. The lowest BCUT2D eigenvalue weighted by Crippen LogP contribution is -2.20. The molecule has 0 amide bonds. The number of rotatable bonds is 4. The quantitative estimate of drug-likeness (QED) is 0.682. The van der Waals surface area contributed by atoms with E-state index in [9.17, 15) is 9.59 Å². The predicted molar refractivity (Wildman–Crippen MR) is 99.1 cm³/mol. The second-order valence-electron chi connectivity index (χ2n) is 6.50. The second-order valence-corrected chi connectivity index (χ2v) is 6.50. The van der Waals surface area contributed by atoms with Gasteiger partial charge in [0.1, 0.15) is 0 Å². The predicted octanol–water partition coefficient (Wildman–Crippen LogP) is 3.86. The summed E-state index contributed by atoms with van der Waals surface area (Å²) in [6.07, 6.45) is 5.06. The van der Waals surface area contributed by atoms with Crippen LogP contribution in [0.15, 0.2) is 65.6 Å². The Bertz CT molecular complexity index is 969. The number of nitrogens with zero attached hydrogens (tertiary/aromatic N) is 1. The molecule has 0 aliphatic heterocycles. The molecular formula is C22H19NO2. The topological polar surface area (TPSA) is 39.1 Å². The first-order valence-corrected chi connectivity index (χ1v) is 8.61. The van der Waals surface area contributed by atoms with Gasteiger partial charge in [0.05, 0.1) is 5.56 Å². The van der Waals surface area contributed by atoms with Crippen LogP contribution in [0.2, 0.25) is 0 Å². The summed E-state index contributed by atoms with van der Waals surface area (Å²) in [4.78, 5) is 23.5. The summed E-state index contributed by atoms with van der Waals surface area (Å²) in [7, 11) is 0. The van der Waals surface area contributed by atoms with Crippen LogP contribution in [0.3, 0.4) is 0 Å². The van der Waals surface area contributed by atoms with E-state index in [4.69, 9.17) is 0 Å². The molecule has 25 heavy (non-hydrogen) atoms. The van der Waals surface area contributed by atoms with Gasteiger partial charge in [-0.1, -0.05) is 54.6 Å². The van der Waals surface area contributed by atoms with Crippen LogP contribution in [0.4, 0.5) is 0 Å². The number of fused-ring (bicyclic) bond motifs is 1. The highest BCUT2D eigenvalue weighted by Gasteiger charge is 2.20. The van der Waals surface area contributed by atoms with Gasteiger partial charge in [-0.25, -0.2) is 0 Å². The minimum Gasteiger partial charge on any atom is -0.346 e. The fourth-order valence-corrected chi connectivity index (χ4v) is 3.62. The van der Waals surface area contributed by atoms with Crippen molar-refractivity contribution in [2.24, 2.45) is 0 Å². The summed E-state index contributed by atoms with van der Waals surface area (Å²) in [5.41, 5.74) is 5.63. The zero-order valence-corrected chi connectivity index (χ0v) is 13.9. The molecule has 1 heterocycles. The number of aldehydes is 1.